The predicted octanol–water partition coefficient (Wildman–Crippen LogP) is 8.60. The molecule has 0 saturated heterocycles. The summed E-state index contributed by atoms with van der Waals surface area (Å²) in [5, 5.41) is 0. The Kier molecular flexibility index (Phi) is 5.57. The molecule has 192 valence electrons. The molecule has 5 rings (SSSR count). The summed E-state index contributed by atoms with van der Waals surface area (Å²) in [4.78, 5) is 11.9. The maximum atomic E-state index is 11.9. The summed E-state index contributed by atoms with van der Waals surface area (Å²) in [6.45, 7) is 23.9. The minimum Gasteiger partial charge on any atom is -0.462 e. The van der Waals surface area contributed by atoms with Crippen LogP contribution in [-0.4, -0.2) is 12.1 Å². The van der Waals surface area contributed by atoms with Gasteiger partial charge in [-0.1, -0.05) is 53.7 Å². The van der Waals surface area contributed by atoms with Gasteiger partial charge in [-0.15, -0.1) is 0 Å². The second-order valence-corrected chi connectivity index (χ2v) is 15.3. The molecule has 0 radical (unpaired) electrons. The normalized spacial score (nSPS) is 53.6. The van der Waals surface area contributed by atoms with E-state index in [9.17, 15) is 4.79 Å². The first-order valence-electron chi connectivity index (χ1n) is 14.5. The molecule has 0 aromatic rings. The van der Waals surface area contributed by atoms with Crippen molar-refractivity contribution < 1.29 is 9.53 Å². The Morgan fingerprint density at radius 1 is 0.765 bits per heavy atom. The predicted molar refractivity (Wildman–Crippen MR) is 140 cm³/mol. The van der Waals surface area contributed by atoms with E-state index in [-0.39, 0.29) is 17.5 Å². The van der Waals surface area contributed by atoms with Crippen LogP contribution in [0, 0.1) is 56.7 Å². The van der Waals surface area contributed by atoms with Crippen LogP contribution in [-0.2, 0) is 9.53 Å². The van der Waals surface area contributed by atoms with Crippen molar-refractivity contribution in [2.24, 2.45) is 56.7 Å². The molecule has 5 saturated carbocycles. The van der Waals surface area contributed by atoms with Crippen LogP contribution in [0.25, 0.3) is 0 Å². The number of rotatable bonds is 2. The fourth-order valence-corrected chi connectivity index (χ4v) is 11.9. The molecule has 10 atom stereocenters. The van der Waals surface area contributed by atoms with Crippen molar-refractivity contribution >= 4 is 5.97 Å². The zero-order valence-corrected chi connectivity index (χ0v) is 23.6. The lowest BCUT2D eigenvalue weighted by atomic mass is 9.32. The lowest BCUT2D eigenvalue weighted by Gasteiger charge is -2.73. The van der Waals surface area contributed by atoms with Crippen LogP contribution in [0.5, 0.6) is 0 Å². The Labute approximate surface area is 210 Å². The van der Waals surface area contributed by atoms with E-state index in [2.05, 4.69) is 55.0 Å². The summed E-state index contributed by atoms with van der Waals surface area (Å²) >= 11 is 0. The molecule has 5 aliphatic carbocycles. The third kappa shape index (κ3) is 3.08. The van der Waals surface area contributed by atoms with Crippen LogP contribution in [0.2, 0.25) is 0 Å². The maximum absolute atomic E-state index is 11.9. The molecule has 0 N–H and O–H groups in total. The Balaban J connectivity index is 1.50. The number of hydrogen-bond donors (Lipinski definition) is 0. The largest absolute Gasteiger partial charge is 0.462 e. The Hall–Kier alpha value is -0.790. The second kappa shape index (κ2) is 7.61. The van der Waals surface area contributed by atoms with Crippen molar-refractivity contribution in [3.8, 4) is 0 Å². The Morgan fingerprint density at radius 3 is 2.12 bits per heavy atom. The zero-order valence-electron chi connectivity index (χ0n) is 23.6. The van der Waals surface area contributed by atoms with Crippen LogP contribution >= 0.6 is 0 Å². The average molecular weight is 469 g/mol. The summed E-state index contributed by atoms with van der Waals surface area (Å²) in [6.07, 6.45) is 13.4. The minimum atomic E-state index is -0.107. The Bertz CT molecular complexity index is 872. The number of ether oxygens (including phenoxy) is 1. The molecule has 0 aromatic heterocycles. The van der Waals surface area contributed by atoms with Crippen molar-refractivity contribution in [3.63, 3.8) is 0 Å². The van der Waals surface area contributed by atoms with E-state index in [4.69, 9.17) is 4.74 Å². The third-order valence-electron chi connectivity index (χ3n) is 13.7. The highest BCUT2D eigenvalue weighted by Gasteiger charge is 2.70. The Morgan fingerprint density at radius 2 is 1.47 bits per heavy atom. The van der Waals surface area contributed by atoms with E-state index in [0.717, 1.165) is 30.1 Å². The van der Waals surface area contributed by atoms with Crippen molar-refractivity contribution in [1.82, 2.24) is 0 Å². The monoisotopic (exact) mass is 468 g/mol. The fourth-order valence-electron chi connectivity index (χ4n) is 11.9. The van der Waals surface area contributed by atoms with Gasteiger partial charge in [-0.25, -0.2) is 0 Å². The van der Waals surface area contributed by atoms with Gasteiger partial charge in [0, 0.05) is 12.3 Å². The molecule has 5 aliphatic rings. The van der Waals surface area contributed by atoms with Crippen molar-refractivity contribution in [2.75, 3.05) is 0 Å². The number of carbonyl (C=O) groups is 1. The minimum absolute atomic E-state index is 0.0550. The van der Waals surface area contributed by atoms with Gasteiger partial charge in [-0.2, -0.15) is 0 Å². The number of allylic oxidation sites excluding steroid dienone is 1. The van der Waals surface area contributed by atoms with E-state index in [1.807, 2.05) is 0 Å². The zero-order chi connectivity index (χ0) is 24.9. The molecule has 0 amide bonds. The van der Waals surface area contributed by atoms with Crippen molar-refractivity contribution in [2.45, 2.75) is 126 Å². The first-order chi connectivity index (χ1) is 15.7. The van der Waals surface area contributed by atoms with Gasteiger partial charge >= 0.3 is 5.97 Å². The molecule has 0 aromatic carbocycles. The smallest absolute Gasteiger partial charge is 0.302 e. The van der Waals surface area contributed by atoms with Gasteiger partial charge in [0.1, 0.15) is 6.10 Å². The highest BCUT2D eigenvalue weighted by atomic mass is 16.5. The molecule has 34 heavy (non-hydrogen) atoms. The summed E-state index contributed by atoms with van der Waals surface area (Å²) in [5.41, 5.74) is 3.23. The first-order valence-corrected chi connectivity index (χ1v) is 14.5. The molecular weight excluding hydrogens is 416 g/mol. The van der Waals surface area contributed by atoms with Gasteiger partial charge < -0.3 is 4.74 Å². The van der Waals surface area contributed by atoms with Gasteiger partial charge in [0.05, 0.1) is 0 Å². The van der Waals surface area contributed by atoms with Crippen LogP contribution in [0.3, 0.4) is 0 Å². The van der Waals surface area contributed by atoms with E-state index in [1.54, 1.807) is 6.92 Å². The summed E-state index contributed by atoms with van der Waals surface area (Å²) < 4.78 is 5.91. The van der Waals surface area contributed by atoms with Gasteiger partial charge in [-0.05, 0) is 122 Å². The summed E-state index contributed by atoms with van der Waals surface area (Å²) in [6, 6.07) is 0. The van der Waals surface area contributed by atoms with E-state index < -0.39 is 0 Å². The maximum Gasteiger partial charge on any atom is 0.302 e. The fraction of sp³-hybridized carbons (Fsp3) is 0.906. The van der Waals surface area contributed by atoms with Crippen LogP contribution in [0.4, 0.5) is 0 Å². The average Bonchev–Trinajstić information content (AvgIpc) is 3.08. The first kappa shape index (κ1) is 24.9. The molecule has 2 heteroatoms. The van der Waals surface area contributed by atoms with Crippen LogP contribution < -0.4 is 0 Å². The van der Waals surface area contributed by atoms with Gasteiger partial charge in [0.2, 0.25) is 0 Å². The third-order valence-corrected chi connectivity index (χ3v) is 13.7. The van der Waals surface area contributed by atoms with Gasteiger partial charge in [-0.3, -0.25) is 4.79 Å². The van der Waals surface area contributed by atoms with Gasteiger partial charge in [0.15, 0.2) is 0 Å². The van der Waals surface area contributed by atoms with E-state index >= 15 is 0 Å². The van der Waals surface area contributed by atoms with E-state index in [0.29, 0.717) is 27.6 Å². The number of fused-ring (bicyclic) bond motifs is 7. The van der Waals surface area contributed by atoms with Crippen molar-refractivity contribution in [1.29, 1.82) is 0 Å². The molecule has 0 aliphatic heterocycles. The molecule has 5 fully saturated rings. The molecule has 0 bridgehead atoms. The SMILES string of the molecule is C=C(C)[C@@H]1CC[C@]2(C)CC[C@]3(C)[C@H](CCC4[C@@]5(C)CC[C@H](OC(C)=O)C(C)(C)C5CC[C@]43C)C12. The lowest BCUT2D eigenvalue weighted by Crippen LogP contribution is -2.66. The van der Waals surface area contributed by atoms with Gasteiger partial charge in [0.25, 0.3) is 0 Å². The summed E-state index contributed by atoms with van der Waals surface area (Å²) in [7, 11) is 0. The quantitative estimate of drug-likeness (QED) is 0.299. The molecule has 0 heterocycles. The summed E-state index contributed by atoms with van der Waals surface area (Å²) in [5.74, 6) is 3.74. The number of hydrogen-bond acceptors (Lipinski definition) is 2. The van der Waals surface area contributed by atoms with E-state index in [1.165, 1.54) is 63.4 Å². The topological polar surface area (TPSA) is 26.3 Å². The highest BCUT2D eigenvalue weighted by Crippen LogP contribution is 2.77. The lowest BCUT2D eigenvalue weighted by molar-refractivity contribution is -0.248. The number of esters is 1. The van der Waals surface area contributed by atoms with Crippen LogP contribution in [0.15, 0.2) is 12.2 Å². The molecular formula is C32H52O2. The second-order valence-electron chi connectivity index (χ2n) is 15.3. The molecule has 2 nitrogen and oxygen atoms in total. The van der Waals surface area contributed by atoms with Crippen molar-refractivity contribution in [3.05, 3.63) is 12.2 Å². The molecule has 3 unspecified atom stereocenters. The van der Waals surface area contributed by atoms with Crippen LogP contribution in [0.1, 0.15) is 120 Å². The highest BCUT2D eigenvalue weighted by molar-refractivity contribution is 5.66. The standard InChI is InChI=1S/C32H52O2/c1-20(2)22-12-15-29(6)18-19-31(8)23(27(22)29)10-11-25-30(7)16-14-26(34-21(3)33)28(4,5)24(30)13-17-32(25,31)9/h22-27H,1,10-19H2,2-9H3/t22-,23+,24?,25?,26-,27?,29+,30-,31+,32+/m0/s1. The molecule has 0 spiro atoms. The number of carbonyl (C=O) groups excluding carboxylic acids is 1.